The van der Waals surface area contributed by atoms with E-state index in [1.54, 1.807) is 0 Å². The summed E-state index contributed by atoms with van der Waals surface area (Å²) in [5.41, 5.74) is 0. The van der Waals surface area contributed by atoms with E-state index < -0.39 is 153 Å². The zero-order valence-electron chi connectivity index (χ0n) is 58.4. The Morgan fingerprint density at radius 2 is 0.800 bits per heavy atom. The van der Waals surface area contributed by atoms with Crippen molar-refractivity contribution in [2.24, 2.45) is 0 Å². The van der Waals surface area contributed by atoms with Crippen molar-refractivity contribution in [1.82, 2.24) is 37.2 Å². The lowest BCUT2D eigenvalue weighted by Crippen LogP contribution is -2.65. The Kier molecular flexibility index (Phi) is 49.4. The minimum atomic E-state index is -1.74. The number of carbonyl (C=O) groups is 8. The van der Waals surface area contributed by atoms with Gasteiger partial charge in [-0.2, -0.15) is 0 Å². The average Bonchev–Trinajstić information content (AvgIpc) is 0.832. The maximum Gasteiger partial charge on any atom is 0.306 e. The lowest BCUT2D eigenvalue weighted by Gasteiger charge is -2.42. The van der Waals surface area contributed by atoms with Crippen molar-refractivity contribution in [3.63, 3.8) is 0 Å². The van der Waals surface area contributed by atoms with Gasteiger partial charge in [0.1, 0.15) is 66.9 Å². The smallest absolute Gasteiger partial charge is 0.306 e. The summed E-state index contributed by atoms with van der Waals surface area (Å²) in [6.07, 6.45) is 20.9. The number of aliphatic hydroxyl groups excluding tert-OH is 6. The lowest BCUT2D eigenvalue weighted by atomic mass is 9.96. The topological polar surface area (TPSA) is 388 Å². The van der Waals surface area contributed by atoms with E-state index in [4.69, 9.17) is 23.7 Å². The number of unbranched alkanes of at least 4 members (excludes halogenated alkanes) is 28. The van der Waals surface area contributed by atoms with Gasteiger partial charge in [-0.25, -0.2) is 0 Å². The van der Waals surface area contributed by atoms with Gasteiger partial charge in [-0.05, 0) is 25.7 Å². The summed E-state index contributed by atoms with van der Waals surface area (Å²) in [5.74, 6) is -4.74. The van der Waals surface area contributed by atoms with Gasteiger partial charge in [0.05, 0.1) is 32.8 Å². The Morgan fingerprint density at radius 3 is 1.23 bits per heavy atom. The number of rotatable bonds is 57. The summed E-state index contributed by atoms with van der Waals surface area (Å²) < 4.78 is 29.2. The zero-order chi connectivity index (χ0) is 70.0. The third-order valence-electron chi connectivity index (χ3n) is 17.4. The second-order valence-electron chi connectivity index (χ2n) is 26.0. The highest BCUT2D eigenvalue weighted by molar-refractivity contribution is 5.88. The Morgan fingerprint density at radius 1 is 0.411 bits per heavy atom. The second kappa shape index (κ2) is 54.3. The first-order chi connectivity index (χ1) is 45.8. The molecular formula is C69H127N7O19. The van der Waals surface area contributed by atoms with Crippen LogP contribution in [0.15, 0.2) is 0 Å². The molecular weight excluding hydrogens is 1230 g/mol. The minimum Gasteiger partial charge on any atom is -0.462 e. The van der Waals surface area contributed by atoms with Crippen LogP contribution < -0.4 is 37.2 Å². The van der Waals surface area contributed by atoms with Crippen LogP contribution in [0.1, 0.15) is 266 Å². The Balaban J connectivity index is 2.15. The number of nitrogens with one attached hydrogen (secondary N) is 7. The third-order valence-corrected chi connectivity index (χ3v) is 17.4. The van der Waals surface area contributed by atoms with Crippen LogP contribution in [-0.4, -0.2) is 203 Å². The molecule has 13 atom stereocenters. The molecule has 2 aliphatic rings. The molecule has 2 rings (SSSR count). The van der Waals surface area contributed by atoms with Crippen LogP contribution in [-0.2, 0) is 62.0 Å². The van der Waals surface area contributed by atoms with Crippen LogP contribution in [0.3, 0.4) is 0 Å². The second-order valence-corrected chi connectivity index (χ2v) is 26.0. The van der Waals surface area contributed by atoms with Crippen molar-refractivity contribution in [2.75, 3.05) is 46.1 Å². The van der Waals surface area contributed by atoms with Crippen LogP contribution in [0.25, 0.3) is 0 Å². The molecule has 0 aromatic carbocycles. The molecule has 2 aliphatic heterocycles. The first-order valence-electron chi connectivity index (χ1n) is 36.4. The Labute approximate surface area is 566 Å². The van der Waals surface area contributed by atoms with Crippen LogP contribution >= 0.6 is 0 Å². The van der Waals surface area contributed by atoms with E-state index in [1.807, 2.05) is 0 Å². The molecule has 0 spiro atoms. The van der Waals surface area contributed by atoms with Gasteiger partial charge in [0.25, 0.3) is 0 Å². The maximum atomic E-state index is 14.0. The monoisotopic (exact) mass is 1360 g/mol. The summed E-state index contributed by atoms with van der Waals surface area (Å²) in [7, 11) is 0. The van der Waals surface area contributed by atoms with E-state index in [1.165, 1.54) is 103 Å². The molecule has 13 N–H and O–H groups in total. The summed E-state index contributed by atoms with van der Waals surface area (Å²) in [6, 6.07) is -5.50. The number of hydrogen-bond donors (Lipinski definition) is 13. The fourth-order valence-electron chi connectivity index (χ4n) is 11.7. The van der Waals surface area contributed by atoms with Crippen LogP contribution in [0.4, 0.5) is 0 Å². The quantitative estimate of drug-likeness (QED) is 0.0273. The largest absolute Gasteiger partial charge is 0.462 e. The Hall–Kier alpha value is -4.64. The molecule has 0 aromatic heterocycles. The van der Waals surface area contributed by atoms with Crippen molar-refractivity contribution in [3.8, 4) is 0 Å². The number of ether oxygens (including phenoxy) is 5. The highest BCUT2D eigenvalue weighted by atomic mass is 16.7. The van der Waals surface area contributed by atoms with E-state index >= 15 is 0 Å². The van der Waals surface area contributed by atoms with Gasteiger partial charge in [-0.3, -0.25) is 38.4 Å². The van der Waals surface area contributed by atoms with Crippen molar-refractivity contribution >= 4 is 47.3 Å². The van der Waals surface area contributed by atoms with Gasteiger partial charge in [-0.15, -0.1) is 0 Å². The highest BCUT2D eigenvalue weighted by Gasteiger charge is 2.47. The first kappa shape index (κ1) is 86.4. The molecule has 552 valence electrons. The zero-order valence-corrected chi connectivity index (χ0v) is 58.4. The SMILES string of the molecule is CCCCCCCCCCCCCC(=O)N[C@@H](CO[C@@H]1O[C@H](CO)[C@@H](O)[C@H](O)[C@H]1NC(=O)CC(CCCCCCCCCCC)OC(=O)CCCCCCCCCCCCC)C(=O)NCCC(=O)NCCNC(=O)[C@@H](CO[C@H]1O[C@H](CO)[C@H](O)[C@H](O)[C@H]1NC(C)=O)NC(C)=O. The number of carbonyl (C=O) groups excluding carboxylic acids is 8. The maximum absolute atomic E-state index is 14.0. The number of hydrogen-bond acceptors (Lipinski definition) is 19. The van der Waals surface area contributed by atoms with Gasteiger partial charge in [0.15, 0.2) is 12.6 Å². The predicted molar refractivity (Wildman–Crippen MR) is 359 cm³/mol. The first-order valence-corrected chi connectivity index (χ1v) is 36.4. The van der Waals surface area contributed by atoms with Crippen molar-refractivity contribution in [1.29, 1.82) is 0 Å². The molecule has 1 unspecified atom stereocenters. The summed E-state index contributed by atoms with van der Waals surface area (Å²) in [5, 5.41) is 81.4. The number of esters is 1. The molecule has 7 amide bonds. The highest BCUT2D eigenvalue weighted by Crippen LogP contribution is 2.26. The van der Waals surface area contributed by atoms with E-state index in [-0.39, 0.29) is 45.3 Å². The molecule has 0 aliphatic carbocycles. The fraction of sp³-hybridized carbons (Fsp3) is 0.884. The molecule has 2 fully saturated rings. The molecule has 0 bridgehead atoms. The molecule has 26 nitrogen and oxygen atoms in total. The number of aliphatic hydroxyl groups is 6. The van der Waals surface area contributed by atoms with Gasteiger partial charge >= 0.3 is 5.97 Å². The standard InChI is InChI=1S/C69H127N7O19/c1-6-9-12-15-18-21-23-26-29-32-35-38-57(82)75-53(67(90)71-41-40-56(81)70-42-43-72-66(89)52(73-49(4)79)47-91-68-60(74-50(5)80)64(87)62(85)54(45-77)94-68)48-92-69-61(65(88)63(86)55(46-78)95-69)76-58(83)44-51(37-34-31-28-25-20-17-14-11-8-3)93-59(84)39-36-33-30-27-24-22-19-16-13-10-7-2/h51-55,60-65,68-69,77-78,85-88H,6-48H2,1-5H3,(H,70,81)(H,71,90)(H,72,89)(H,73,79)(H,74,80)(H,75,82)(H,76,83)/t51?,52-,53+,54-,55-,60-,61-,62+,63-,64-,65-,68+,69-/m1/s1. The number of amides is 7. The van der Waals surface area contributed by atoms with Gasteiger partial charge in [-0.1, -0.05) is 201 Å². The van der Waals surface area contributed by atoms with Gasteiger partial charge < -0.3 is 91.5 Å². The molecule has 26 heteroatoms. The molecule has 2 saturated heterocycles. The molecule has 2 heterocycles. The molecule has 0 radical (unpaired) electrons. The van der Waals surface area contributed by atoms with Crippen LogP contribution in [0.2, 0.25) is 0 Å². The van der Waals surface area contributed by atoms with Crippen molar-refractivity contribution < 1.29 is 92.7 Å². The van der Waals surface area contributed by atoms with E-state index in [2.05, 4.69) is 58.0 Å². The summed E-state index contributed by atoms with van der Waals surface area (Å²) >= 11 is 0. The van der Waals surface area contributed by atoms with E-state index in [0.717, 1.165) is 97.3 Å². The average molecular weight is 1360 g/mol. The van der Waals surface area contributed by atoms with Crippen molar-refractivity contribution in [3.05, 3.63) is 0 Å². The van der Waals surface area contributed by atoms with Crippen LogP contribution in [0.5, 0.6) is 0 Å². The van der Waals surface area contributed by atoms with E-state index in [9.17, 15) is 69.0 Å². The predicted octanol–water partition coefficient (Wildman–Crippen LogP) is 5.24. The summed E-state index contributed by atoms with van der Waals surface area (Å²) in [6.45, 7) is 5.87. The normalized spacial score (nSPS) is 22.0. The third kappa shape index (κ3) is 39.5. The summed E-state index contributed by atoms with van der Waals surface area (Å²) in [4.78, 5) is 105. The van der Waals surface area contributed by atoms with Crippen LogP contribution in [0, 0.1) is 0 Å². The van der Waals surface area contributed by atoms with Gasteiger partial charge in [0.2, 0.25) is 41.4 Å². The van der Waals surface area contributed by atoms with E-state index in [0.29, 0.717) is 19.3 Å². The molecule has 95 heavy (non-hydrogen) atoms. The molecule has 0 saturated carbocycles. The minimum absolute atomic E-state index is 0.0900. The van der Waals surface area contributed by atoms with Crippen molar-refractivity contribution in [2.45, 2.75) is 345 Å². The fourth-order valence-corrected chi connectivity index (χ4v) is 11.7. The van der Waals surface area contributed by atoms with Gasteiger partial charge in [0, 0.05) is 52.7 Å². The lowest BCUT2D eigenvalue weighted by molar-refractivity contribution is -0.271. The Bertz CT molecular complexity index is 2100. The molecule has 0 aromatic rings.